The predicted octanol–water partition coefficient (Wildman–Crippen LogP) is 2.34. The van der Waals surface area contributed by atoms with Crippen molar-refractivity contribution in [2.75, 3.05) is 13.1 Å². The van der Waals surface area contributed by atoms with E-state index in [9.17, 15) is 31.2 Å². The Hall–Kier alpha value is -3.16. The Morgan fingerprint density at radius 1 is 1.22 bits per heavy atom. The minimum Gasteiger partial charge on any atom is -0.444 e. The number of hydrogen-bond acceptors (Lipinski definition) is 8. The Kier molecular flexibility index (Phi) is 5.93. The van der Waals surface area contributed by atoms with E-state index < -0.39 is 38.8 Å². The van der Waals surface area contributed by atoms with Gasteiger partial charge in [0.05, 0.1) is 18.0 Å². The van der Waals surface area contributed by atoms with Gasteiger partial charge in [-0.2, -0.15) is 26.6 Å². The molecule has 3 heterocycles. The van der Waals surface area contributed by atoms with Crippen LogP contribution < -0.4 is 9.74 Å². The van der Waals surface area contributed by atoms with Crippen LogP contribution in [0.5, 0.6) is 5.88 Å². The lowest BCUT2D eigenvalue weighted by molar-refractivity contribution is -0.0501. The van der Waals surface area contributed by atoms with E-state index in [1.165, 1.54) is 11.1 Å². The third kappa shape index (κ3) is 5.18. The summed E-state index contributed by atoms with van der Waals surface area (Å²) in [5.41, 5.74) is -6.24. The third-order valence-corrected chi connectivity index (χ3v) is 5.15. The van der Waals surface area contributed by atoms with Crippen LogP contribution in [0.4, 0.5) is 18.0 Å². The minimum atomic E-state index is -5.97. The molecule has 0 saturated heterocycles. The summed E-state index contributed by atoms with van der Waals surface area (Å²) in [5.74, 6) is -1.02. The fourth-order valence-electron chi connectivity index (χ4n) is 2.75. The number of amides is 1. The molecule has 3 rings (SSSR count). The minimum absolute atomic E-state index is 0.208. The molecule has 174 valence electrons. The summed E-state index contributed by atoms with van der Waals surface area (Å²) in [5, 5.41) is 0. The number of carbonyl (C=O) groups is 1. The Bertz CT molecular complexity index is 1250. The zero-order valence-corrected chi connectivity index (χ0v) is 18.0. The van der Waals surface area contributed by atoms with Crippen LogP contribution in [0, 0.1) is 0 Å². The highest BCUT2D eigenvalue weighted by atomic mass is 32.2. The van der Waals surface area contributed by atoms with Gasteiger partial charge in [-0.15, -0.1) is 0 Å². The lowest BCUT2D eigenvalue weighted by atomic mass is 10.1. The maximum absolute atomic E-state index is 12.5. The van der Waals surface area contributed by atoms with Crippen LogP contribution in [0.15, 0.2) is 29.3 Å². The SMILES string of the molecule is CC(C)(C)OC(=O)N1CC=C(c2cn3c(=O)cc(OS(=O)(=O)C(F)(F)F)nc3cn2)CC1. The van der Waals surface area contributed by atoms with Gasteiger partial charge in [0.25, 0.3) is 5.56 Å². The zero-order valence-electron chi connectivity index (χ0n) is 17.2. The molecule has 0 aromatic carbocycles. The maximum Gasteiger partial charge on any atom is 0.534 e. The number of alkyl halides is 3. The van der Waals surface area contributed by atoms with Gasteiger partial charge in [0, 0.05) is 19.3 Å². The van der Waals surface area contributed by atoms with Crippen LogP contribution in [0.25, 0.3) is 11.2 Å². The van der Waals surface area contributed by atoms with Gasteiger partial charge >= 0.3 is 21.7 Å². The van der Waals surface area contributed by atoms with Crippen molar-refractivity contribution in [3.8, 4) is 5.88 Å². The number of halogens is 3. The molecule has 0 N–H and O–H groups in total. The summed E-state index contributed by atoms with van der Waals surface area (Å²) >= 11 is 0. The molecule has 0 radical (unpaired) electrons. The molecule has 2 aromatic rings. The Morgan fingerprint density at radius 2 is 1.91 bits per heavy atom. The number of carbonyl (C=O) groups excluding carboxylic acids is 1. The average Bonchev–Trinajstić information content (AvgIpc) is 2.65. The highest BCUT2D eigenvalue weighted by Gasteiger charge is 2.49. The number of aromatic nitrogens is 3. The molecule has 10 nitrogen and oxygen atoms in total. The number of fused-ring (bicyclic) bond motifs is 1. The predicted molar refractivity (Wildman–Crippen MR) is 105 cm³/mol. The van der Waals surface area contributed by atoms with Crippen molar-refractivity contribution in [3.63, 3.8) is 0 Å². The van der Waals surface area contributed by atoms with Crippen LogP contribution in [0.3, 0.4) is 0 Å². The van der Waals surface area contributed by atoms with Crippen LogP contribution >= 0.6 is 0 Å². The maximum atomic E-state index is 12.5. The van der Waals surface area contributed by atoms with E-state index >= 15 is 0 Å². The van der Waals surface area contributed by atoms with Gasteiger partial charge in [-0.3, -0.25) is 14.2 Å². The molecule has 0 spiro atoms. The zero-order chi connectivity index (χ0) is 23.9. The van der Waals surface area contributed by atoms with E-state index in [4.69, 9.17) is 4.74 Å². The summed E-state index contributed by atoms with van der Waals surface area (Å²) < 4.78 is 69.9. The van der Waals surface area contributed by atoms with Crippen molar-refractivity contribution in [1.29, 1.82) is 0 Å². The van der Waals surface area contributed by atoms with Crippen LogP contribution in [0.2, 0.25) is 0 Å². The molecule has 0 saturated carbocycles. The van der Waals surface area contributed by atoms with Crippen molar-refractivity contribution >= 4 is 27.4 Å². The lowest BCUT2D eigenvalue weighted by Crippen LogP contribution is -2.39. The van der Waals surface area contributed by atoms with Crippen molar-refractivity contribution < 1.29 is 35.3 Å². The molecule has 0 bridgehead atoms. The first-order valence-electron chi connectivity index (χ1n) is 9.24. The standard InChI is InChI=1S/C18H19F3N4O6S/c1-17(2,3)30-16(27)24-6-4-11(5-7-24)12-10-25-13(9-22-12)23-14(8-15(25)26)31-32(28,29)18(19,20)21/h4,8-10H,5-7H2,1-3H3. The summed E-state index contributed by atoms with van der Waals surface area (Å²) in [4.78, 5) is 33.7. The van der Waals surface area contributed by atoms with Crippen molar-refractivity contribution in [1.82, 2.24) is 19.3 Å². The highest BCUT2D eigenvalue weighted by molar-refractivity contribution is 7.87. The van der Waals surface area contributed by atoms with Crippen molar-refractivity contribution in [2.24, 2.45) is 0 Å². The summed E-state index contributed by atoms with van der Waals surface area (Å²) in [6, 6.07) is 0.527. The second-order valence-electron chi connectivity index (χ2n) is 7.82. The fourth-order valence-corrected chi connectivity index (χ4v) is 3.16. The number of ether oxygens (including phenoxy) is 1. The van der Waals surface area contributed by atoms with Gasteiger partial charge in [-0.1, -0.05) is 6.08 Å². The van der Waals surface area contributed by atoms with E-state index in [1.54, 1.807) is 26.8 Å². The van der Waals surface area contributed by atoms with Gasteiger partial charge < -0.3 is 13.8 Å². The fraction of sp³-hybridized carbons (Fsp3) is 0.444. The van der Waals surface area contributed by atoms with Gasteiger partial charge in [-0.25, -0.2) is 4.79 Å². The molecule has 14 heteroatoms. The molecule has 1 aliphatic heterocycles. The topological polar surface area (TPSA) is 120 Å². The van der Waals surface area contributed by atoms with Crippen LogP contribution in [-0.4, -0.2) is 58.0 Å². The van der Waals surface area contributed by atoms with Crippen molar-refractivity contribution in [2.45, 2.75) is 38.3 Å². The molecule has 0 unspecified atom stereocenters. The quantitative estimate of drug-likeness (QED) is 0.489. The van der Waals surface area contributed by atoms with E-state index in [0.29, 0.717) is 24.7 Å². The largest absolute Gasteiger partial charge is 0.534 e. The van der Waals surface area contributed by atoms with Crippen LogP contribution in [-0.2, 0) is 14.9 Å². The Labute approximate surface area is 180 Å². The van der Waals surface area contributed by atoms with E-state index in [-0.39, 0.29) is 12.2 Å². The second-order valence-corrected chi connectivity index (χ2v) is 9.36. The first kappa shape index (κ1) is 23.5. The Morgan fingerprint density at radius 3 is 2.47 bits per heavy atom. The third-order valence-electron chi connectivity index (χ3n) is 4.19. The number of nitrogens with zero attached hydrogens (tertiary/aromatic N) is 4. The Balaban J connectivity index is 1.83. The first-order chi connectivity index (χ1) is 14.7. The summed E-state index contributed by atoms with van der Waals surface area (Å²) in [7, 11) is -5.97. The molecular formula is C18H19F3N4O6S. The van der Waals surface area contributed by atoms with Gasteiger partial charge in [0.2, 0.25) is 5.88 Å². The summed E-state index contributed by atoms with van der Waals surface area (Å²) in [6.07, 6.45) is 4.13. The van der Waals surface area contributed by atoms with Gasteiger partial charge in [-0.05, 0) is 32.8 Å². The normalized spacial score (nSPS) is 15.4. The molecule has 0 fully saturated rings. The second kappa shape index (κ2) is 8.07. The highest BCUT2D eigenvalue weighted by Crippen LogP contribution is 2.26. The molecule has 0 aliphatic carbocycles. The molecule has 0 atom stereocenters. The molecule has 32 heavy (non-hydrogen) atoms. The van der Waals surface area contributed by atoms with Crippen molar-refractivity contribution in [3.05, 3.63) is 40.6 Å². The smallest absolute Gasteiger partial charge is 0.444 e. The van der Waals surface area contributed by atoms with Crippen LogP contribution in [0.1, 0.15) is 32.9 Å². The number of rotatable bonds is 3. The lowest BCUT2D eigenvalue weighted by Gasteiger charge is -2.29. The van der Waals surface area contributed by atoms with E-state index in [1.807, 2.05) is 0 Å². The van der Waals surface area contributed by atoms with Gasteiger partial charge in [0.1, 0.15) is 5.60 Å². The number of hydrogen-bond donors (Lipinski definition) is 0. The molecule has 1 amide bonds. The average molecular weight is 476 g/mol. The van der Waals surface area contributed by atoms with E-state index in [0.717, 1.165) is 16.2 Å². The van der Waals surface area contributed by atoms with Gasteiger partial charge in [0.15, 0.2) is 5.65 Å². The molecule has 1 aliphatic rings. The molecular weight excluding hydrogens is 457 g/mol. The molecule has 2 aromatic heterocycles. The van der Waals surface area contributed by atoms with E-state index in [2.05, 4.69) is 14.2 Å². The monoisotopic (exact) mass is 476 g/mol. The summed E-state index contributed by atoms with van der Waals surface area (Å²) in [6.45, 7) is 5.90. The first-order valence-corrected chi connectivity index (χ1v) is 10.6.